The molecule has 220 valence electrons. The van der Waals surface area contributed by atoms with Gasteiger partial charge in [0.2, 0.25) is 0 Å². The summed E-state index contributed by atoms with van der Waals surface area (Å²) in [5.74, 6) is 1.30. The zero-order chi connectivity index (χ0) is 29.4. The molecular formula is C28H42N6O6. The molecule has 0 aromatic heterocycles. The van der Waals surface area contributed by atoms with Crippen LogP contribution in [0.3, 0.4) is 0 Å². The number of rotatable bonds is 8. The Balaban J connectivity index is 0.000000220. The first kappa shape index (κ1) is 30.9. The highest BCUT2D eigenvalue weighted by atomic mass is 16.6. The van der Waals surface area contributed by atoms with Crippen molar-refractivity contribution in [3.63, 3.8) is 0 Å². The predicted molar refractivity (Wildman–Crippen MR) is 157 cm³/mol. The summed E-state index contributed by atoms with van der Waals surface area (Å²) >= 11 is 0. The highest BCUT2D eigenvalue weighted by Gasteiger charge is 2.26. The Hall–Kier alpha value is -3.64. The fourth-order valence-corrected chi connectivity index (χ4v) is 5.03. The van der Waals surface area contributed by atoms with Gasteiger partial charge in [-0.25, -0.2) is 0 Å². The van der Waals surface area contributed by atoms with E-state index in [0.29, 0.717) is 35.0 Å². The van der Waals surface area contributed by atoms with E-state index in [1.54, 1.807) is 38.5 Å². The molecule has 2 saturated heterocycles. The van der Waals surface area contributed by atoms with Crippen molar-refractivity contribution in [3.8, 4) is 11.5 Å². The molecule has 0 atom stereocenters. The van der Waals surface area contributed by atoms with Crippen LogP contribution >= 0.6 is 0 Å². The van der Waals surface area contributed by atoms with Crippen LogP contribution in [0, 0.1) is 20.2 Å². The number of piperazine rings is 2. The summed E-state index contributed by atoms with van der Waals surface area (Å²) in [6, 6.07) is 10.8. The molecule has 0 unspecified atom stereocenters. The molecule has 0 aliphatic carbocycles. The molecular weight excluding hydrogens is 516 g/mol. The second kappa shape index (κ2) is 14.1. The van der Waals surface area contributed by atoms with Crippen LogP contribution in [0.25, 0.3) is 0 Å². The summed E-state index contributed by atoms with van der Waals surface area (Å²) in [7, 11) is 3.14. The lowest BCUT2D eigenvalue weighted by atomic mass is 10.2. The number of benzene rings is 2. The Kier molecular flexibility index (Phi) is 10.9. The zero-order valence-corrected chi connectivity index (χ0v) is 24.4. The quantitative estimate of drug-likeness (QED) is 0.343. The second-order valence-corrected chi connectivity index (χ2v) is 10.5. The molecule has 2 aliphatic rings. The van der Waals surface area contributed by atoms with Gasteiger partial charge in [-0.15, -0.1) is 0 Å². The maximum absolute atomic E-state index is 11.2. The van der Waals surface area contributed by atoms with E-state index in [4.69, 9.17) is 9.47 Å². The van der Waals surface area contributed by atoms with Gasteiger partial charge in [0, 0.05) is 88.7 Å². The van der Waals surface area contributed by atoms with Crippen molar-refractivity contribution in [1.82, 2.24) is 9.80 Å². The smallest absolute Gasteiger partial charge is 0.292 e. The van der Waals surface area contributed by atoms with Crippen molar-refractivity contribution in [2.75, 3.05) is 76.4 Å². The van der Waals surface area contributed by atoms with Crippen LogP contribution in [0.2, 0.25) is 0 Å². The van der Waals surface area contributed by atoms with Gasteiger partial charge in [0.05, 0.1) is 24.1 Å². The minimum absolute atomic E-state index is 0.142. The van der Waals surface area contributed by atoms with Crippen LogP contribution < -0.4 is 19.3 Å². The average molecular weight is 559 g/mol. The minimum atomic E-state index is -0.330. The Morgan fingerprint density at radius 2 is 0.950 bits per heavy atom. The standard InChI is InChI=1S/2C14H21N3O3/c2*1-11(2)15-6-8-16(9-7-15)14-10-12(20-3)4-5-13(14)17(18)19/h2*4-5,10-11H,6-9H2,1-3H3. The molecule has 2 heterocycles. The molecule has 0 N–H and O–H groups in total. The molecule has 12 nitrogen and oxygen atoms in total. The van der Waals surface area contributed by atoms with Crippen LogP contribution in [-0.2, 0) is 0 Å². The van der Waals surface area contributed by atoms with Gasteiger partial charge in [-0.2, -0.15) is 0 Å². The van der Waals surface area contributed by atoms with Gasteiger partial charge in [0.1, 0.15) is 22.9 Å². The molecule has 2 fully saturated rings. The van der Waals surface area contributed by atoms with Crippen molar-refractivity contribution >= 4 is 22.7 Å². The van der Waals surface area contributed by atoms with E-state index in [1.165, 1.54) is 12.1 Å². The van der Waals surface area contributed by atoms with Gasteiger partial charge in [0.25, 0.3) is 11.4 Å². The van der Waals surface area contributed by atoms with Gasteiger partial charge in [0.15, 0.2) is 0 Å². The van der Waals surface area contributed by atoms with Gasteiger partial charge in [-0.05, 0) is 39.8 Å². The lowest BCUT2D eigenvalue weighted by Crippen LogP contribution is -2.49. The number of nitro benzene ring substituents is 2. The summed E-state index contributed by atoms with van der Waals surface area (Å²) in [4.78, 5) is 30.6. The molecule has 0 radical (unpaired) electrons. The Labute approximate surface area is 236 Å². The van der Waals surface area contributed by atoms with E-state index in [0.717, 1.165) is 52.4 Å². The van der Waals surface area contributed by atoms with Gasteiger partial charge >= 0.3 is 0 Å². The number of ether oxygens (including phenoxy) is 2. The van der Waals surface area contributed by atoms with E-state index in [1.807, 2.05) is 0 Å². The van der Waals surface area contributed by atoms with Crippen LogP contribution in [-0.4, -0.2) is 98.3 Å². The van der Waals surface area contributed by atoms with Crippen molar-refractivity contribution in [1.29, 1.82) is 0 Å². The average Bonchev–Trinajstić information content (AvgIpc) is 2.96. The number of nitro groups is 2. The summed E-state index contributed by atoms with van der Waals surface area (Å²) in [6.45, 7) is 15.6. The van der Waals surface area contributed by atoms with Crippen molar-refractivity contribution in [2.45, 2.75) is 39.8 Å². The van der Waals surface area contributed by atoms with Crippen molar-refractivity contribution in [2.24, 2.45) is 0 Å². The molecule has 0 amide bonds. The van der Waals surface area contributed by atoms with Crippen LogP contribution in [0.1, 0.15) is 27.7 Å². The number of hydrogen-bond donors (Lipinski definition) is 0. The largest absolute Gasteiger partial charge is 0.497 e. The normalized spacial score (nSPS) is 16.5. The van der Waals surface area contributed by atoms with Gasteiger partial charge < -0.3 is 19.3 Å². The van der Waals surface area contributed by atoms with Crippen LogP contribution in [0.4, 0.5) is 22.7 Å². The summed E-state index contributed by atoms with van der Waals surface area (Å²) in [6.07, 6.45) is 0. The maximum Gasteiger partial charge on any atom is 0.292 e. The molecule has 2 aromatic carbocycles. The number of nitrogens with zero attached hydrogens (tertiary/aromatic N) is 6. The molecule has 12 heteroatoms. The van der Waals surface area contributed by atoms with Crippen molar-refractivity contribution < 1.29 is 19.3 Å². The first-order valence-corrected chi connectivity index (χ1v) is 13.7. The molecule has 0 saturated carbocycles. The fraction of sp³-hybridized carbons (Fsp3) is 0.571. The van der Waals surface area contributed by atoms with E-state index >= 15 is 0 Å². The second-order valence-electron chi connectivity index (χ2n) is 10.5. The fourth-order valence-electron chi connectivity index (χ4n) is 5.03. The summed E-state index contributed by atoms with van der Waals surface area (Å²) < 4.78 is 10.4. The number of methoxy groups -OCH3 is 2. The highest BCUT2D eigenvalue weighted by Crippen LogP contribution is 2.34. The lowest BCUT2D eigenvalue weighted by Gasteiger charge is -2.37. The van der Waals surface area contributed by atoms with Gasteiger partial charge in [-0.3, -0.25) is 30.0 Å². The minimum Gasteiger partial charge on any atom is -0.497 e. The Bertz CT molecular complexity index is 1050. The molecule has 0 spiro atoms. The molecule has 0 bridgehead atoms. The van der Waals surface area contributed by atoms with E-state index in [9.17, 15) is 20.2 Å². The number of hydrogen-bond acceptors (Lipinski definition) is 10. The monoisotopic (exact) mass is 558 g/mol. The predicted octanol–water partition coefficient (Wildman–Crippen LogP) is 4.27. The zero-order valence-electron chi connectivity index (χ0n) is 24.4. The topological polar surface area (TPSA) is 118 Å². The van der Waals surface area contributed by atoms with Crippen molar-refractivity contribution in [3.05, 3.63) is 56.6 Å². The molecule has 4 rings (SSSR count). The number of anilines is 2. The SMILES string of the molecule is COc1ccc([N+](=O)[O-])c(N2CCN(C(C)C)CC2)c1.COc1ccc([N+](=O)[O-])c(N2CCN(C(C)C)CC2)c1. The Morgan fingerprint density at radius 1 is 0.625 bits per heavy atom. The van der Waals surface area contributed by atoms with E-state index < -0.39 is 0 Å². The Morgan fingerprint density at radius 3 is 1.20 bits per heavy atom. The molecule has 2 aliphatic heterocycles. The summed E-state index contributed by atoms with van der Waals surface area (Å²) in [5.41, 5.74) is 1.59. The third kappa shape index (κ3) is 7.72. The van der Waals surface area contributed by atoms with E-state index in [2.05, 4.69) is 47.3 Å². The summed E-state index contributed by atoms with van der Waals surface area (Å²) in [5, 5.41) is 22.3. The third-order valence-electron chi connectivity index (χ3n) is 7.53. The maximum atomic E-state index is 11.2. The third-order valence-corrected chi connectivity index (χ3v) is 7.53. The first-order chi connectivity index (χ1) is 19.0. The van der Waals surface area contributed by atoms with Crippen LogP contribution in [0.15, 0.2) is 36.4 Å². The lowest BCUT2D eigenvalue weighted by molar-refractivity contribution is -0.384. The molecule has 40 heavy (non-hydrogen) atoms. The van der Waals surface area contributed by atoms with Gasteiger partial charge in [-0.1, -0.05) is 0 Å². The first-order valence-electron chi connectivity index (χ1n) is 13.7. The highest BCUT2D eigenvalue weighted by molar-refractivity contribution is 5.67. The molecule has 2 aromatic rings. The van der Waals surface area contributed by atoms with E-state index in [-0.39, 0.29) is 21.2 Å². The van der Waals surface area contributed by atoms with Crippen LogP contribution in [0.5, 0.6) is 11.5 Å².